The molecule has 1 amide bonds. The Morgan fingerprint density at radius 2 is 1.69 bits per heavy atom. The summed E-state index contributed by atoms with van der Waals surface area (Å²) in [4.78, 5) is 25.9. The van der Waals surface area contributed by atoms with E-state index in [1.54, 1.807) is 13.0 Å². The molecule has 0 aliphatic heterocycles. The number of hydrogen-bond donors (Lipinski definition) is 1. The summed E-state index contributed by atoms with van der Waals surface area (Å²) in [6.07, 6.45) is 1.63. The molecular formula is C24H23NO3S. The van der Waals surface area contributed by atoms with Gasteiger partial charge in [-0.05, 0) is 42.0 Å². The van der Waals surface area contributed by atoms with Crippen molar-refractivity contribution in [3.63, 3.8) is 0 Å². The largest absolute Gasteiger partial charge is 0.449 e. The zero-order valence-electron chi connectivity index (χ0n) is 16.2. The fourth-order valence-corrected chi connectivity index (χ4v) is 3.50. The van der Waals surface area contributed by atoms with Crippen molar-refractivity contribution in [2.24, 2.45) is 0 Å². The summed E-state index contributed by atoms with van der Waals surface area (Å²) < 4.78 is 5.46. The van der Waals surface area contributed by atoms with E-state index < -0.39 is 12.1 Å². The van der Waals surface area contributed by atoms with Crippen LogP contribution in [0, 0.1) is 0 Å². The van der Waals surface area contributed by atoms with Crippen molar-refractivity contribution >= 4 is 34.9 Å². The molecule has 1 heterocycles. The number of benzene rings is 2. The third-order valence-electron chi connectivity index (χ3n) is 4.33. The molecule has 1 unspecified atom stereocenters. The number of ether oxygens (including phenoxy) is 1. The van der Waals surface area contributed by atoms with Crippen LogP contribution in [0.15, 0.2) is 78.2 Å². The van der Waals surface area contributed by atoms with Gasteiger partial charge in [-0.15, -0.1) is 11.3 Å². The average Bonchev–Trinajstić information content (AvgIpc) is 3.28. The standard InChI is InChI=1S/C24H23NO3S/c1-18(23(26)25-15-14-19-9-4-2-5-10-19)28-24(27)21(22-13-8-16-29-22)17-20-11-6-3-7-12-20/h2-13,16-18H,14-15H2,1H3,(H,25,26)/b21-17+. The Bertz CT molecular complexity index is 950. The number of carbonyl (C=O) groups is 2. The molecule has 3 rings (SSSR count). The second-order valence-corrected chi connectivity index (χ2v) is 7.47. The maximum Gasteiger partial charge on any atom is 0.340 e. The predicted molar refractivity (Wildman–Crippen MR) is 117 cm³/mol. The molecule has 0 spiro atoms. The zero-order chi connectivity index (χ0) is 20.5. The normalized spacial score (nSPS) is 12.2. The number of thiophene rings is 1. The van der Waals surface area contributed by atoms with Gasteiger partial charge in [0.15, 0.2) is 6.10 Å². The maximum atomic E-state index is 12.8. The summed E-state index contributed by atoms with van der Waals surface area (Å²) >= 11 is 1.46. The molecule has 1 atom stereocenters. The predicted octanol–water partition coefficient (Wildman–Crippen LogP) is 4.58. The molecule has 1 aromatic heterocycles. The SMILES string of the molecule is CC(OC(=O)/C(=C/c1ccccc1)c1cccs1)C(=O)NCCc1ccccc1. The molecule has 0 saturated carbocycles. The van der Waals surface area contributed by atoms with Crippen LogP contribution in [0.3, 0.4) is 0 Å². The van der Waals surface area contributed by atoms with Crippen LogP contribution >= 0.6 is 11.3 Å². The Labute approximate surface area is 174 Å². The van der Waals surface area contributed by atoms with Gasteiger partial charge in [0, 0.05) is 11.4 Å². The fourth-order valence-electron chi connectivity index (χ4n) is 2.77. The van der Waals surface area contributed by atoms with Gasteiger partial charge in [0.05, 0.1) is 5.57 Å². The highest BCUT2D eigenvalue weighted by molar-refractivity contribution is 7.11. The van der Waals surface area contributed by atoms with Gasteiger partial charge in [-0.3, -0.25) is 4.79 Å². The van der Waals surface area contributed by atoms with Crippen LogP contribution in [0.4, 0.5) is 0 Å². The maximum absolute atomic E-state index is 12.8. The molecular weight excluding hydrogens is 382 g/mol. The summed E-state index contributed by atoms with van der Waals surface area (Å²) in [6.45, 7) is 2.08. The Morgan fingerprint density at radius 1 is 1.00 bits per heavy atom. The minimum absolute atomic E-state index is 0.306. The lowest BCUT2D eigenvalue weighted by atomic mass is 10.1. The van der Waals surface area contributed by atoms with E-state index in [1.807, 2.05) is 78.2 Å². The first kappa shape index (κ1) is 20.6. The summed E-state index contributed by atoms with van der Waals surface area (Å²) in [5.74, 6) is -0.818. The van der Waals surface area contributed by atoms with Crippen molar-refractivity contribution < 1.29 is 14.3 Å². The van der Waals surface area contributed by atoms with E-state index in [4.69, 9.17) is 4.74 Å². The van der Waals surface area contributed by atoms with Crippen molar-refractivity contribution in [3.8, 4) is 0 Å². The molecule has 1 N–H and O–H groups in total. The molecule has 0 aliphatic carbocycles. The van der Waals surface area contributed by atoms with E-state index in [0.717, 1.165) is 22.4 Å². The molecule has 29 heavy (non-hydrogen) atoms. The third-order valence-corrected chi connectivity index (χ3v) is 5.23. The van der Waals surface area contributed by atoms with Crippen LogP contribution in [-0.2, 0) is 20.7 Å². The number of hydrogen-bond acceptors (Lipinski definition) is 4. The van der Waals surface area contributed by atoms with Gasteiger partial charge in [-0.2, -0.15) is 0 Å². The van der Waals surface area contributed by atoms with E-state index in [0.29, 0.717) is 12.1 Å². The summed E-state index contributed by atoms with van der Waals surface area (Å²) in [5, 5.41) is 4.73. The van der Waals surface area contributed by atoms with Crippen molar-refractivity contribution in [1.82, 2.24) is 5.32 Å². The quantitative estimate of drug-likeness (QED) is 0.441. The molecule has 0 saturated heterocycles. The monoisotopic (exact) mass is 405 g/mol. The van der Waals surface area contributed by atoms with E-state index in [1.165, 1.54) is 11.3 Å². The van der Waals surface area contributed by atoms with Gasteiger partial charge in [-0.1, -0.05) is 66.7 Å². The summed E-state index contributed by atoms with van der Waals surface area (Å²) in [6, 6.07) is 23.2. The average molecular weight is 406 g/mol. The lowest BCUT2D eigenvalue weighted by Crippen LogP contribution is -2.37. The van der Waals surface area contributed by atoms with Crippen molar-refractivity contribution in [2.75, 3.05) is 6.54 Å². The molecule has 4 nitrogen and oxygen atoms in total. The lowest BCUT2D eigenvalue weighted by molar-refractivity contribution is -0.149. The minimum Gasteiger partial charge on any atom is -0.449 e. The minimum atomic E-state index is -0.877. The number of nitrogens with one attached hydrogen (secondary N) is 1. The van der Waals surface area contributed by atoms with Gasteiger partial charge in [0.1, 0.15) is 0 Å². The van der Waals surface area contributed by atoms with Gasteiger partial charge < -0.3 is 10.1 Å². The van der Waals surface area contributed by atoms with Crippen LogP contribution in [-0.4, -0.2) is 24.5 Å². The van der Waals surface area contributed by atoms with Gasteiger partial charge in [0.2, 0.25) is 0 Å². The molecule has 2 aromatic carbocycles. The fraction of sp³-hybridized carbons (Fsp3) is 0.167. The Hall–Kier alpha value is -3.18. The Kier molecular flexibility index (Phi) is 7.36. The van der Waals surface area contributed by atoms with E-state index in [2.05, 4.69) is 5.32 Å². The van der Waals surface area contributed by atoms with Crippen molar-refractivity contribution in [3.05, 3.63) is 94.2 Å². The van der Waals surface area contributed by atoms with Crippen LogP contribution in [0.1, 0.15) is 22.9 Å². The molecule has 0 radical (unpaired) electrons. The number of carbonyl (C=O) groups excluding carboxylic acids is 2. The number of esters is 1. The van der Waals surface area contributed by atoms with E-state index >= 15 is 0 Å². The first-order chi connectivity index (χ1) is 14.1. The molecule has 148 valence electrons. The van der Waals surface area contributed by atoms with Gasteiger partial charge in [-0.25, -0.2) is 4.79 Å². The third kappa shape index (κ3) is 6.16. The zero-order valence-corrected chi connectivity index (χ0v) is 17.0. The Balaban J connectivity index is 1.61. The van der Waals surface area contributed by atoms with Crippen LogP contribution in [0.5, 0.6) is 0 Å². The van der Waals surface area contributed by atoms with Gasteiger partial charge >= 0.3 is 5.97 Å². The molecule has 0 aliphatic rings. The first-order valence-corrected chi connectivity index (χ1v) is 10.3. The number of rotatable bonds is 8. The van der Waals surface area contributed by atoms with E-state index in [9.17, 15) is 9.59 Å². The highest BCUT2D eigenvalue weighted by Gasteiger charge is 2.21. The van der Waals surface area contributed by atoms with Gasteiger partial charge in [0.25, 0.3) is 5.91 Å². The first-order valence-electron chi connectivity index (χ1n) is 9.47. The molecule has 5 heteroatoms. The van der Waals surface area contributed by atoms with Crippen molar-refractivity contribution in [1.29, 1.82) is 0 Å². The highest BCUT2D eigenvalue weighted by Crippen LogP contribution is 2.24. The number of amides is 1. The topological polar surface area (TPSA) is 55.4 Å². The summed E-state index contributed by atoms with van der Waals surface area (Å²) in [5.41, 5.74) is 2.48. The second-order valence-electron chi connectivity index (χ2n) is 6.52. The smallest absolute Gasteiger partial charge is 0.340 e. The molecule has 0 bridgehead atoms. The highest BCUT2D eigenvalue weighted by atomic mass is 32.1. The lowest BCUT2D eigenvalue weighted by Gasteiger charge is -2.14. The second kappa shape index (κ2) is 10.4. The molecule has 3 aromatic rings. The van der Waals surface area contributed by atoms with E-state index in [-0.39, 0.29) is 5.91 Å². The van der Waals surface area contributed by atoms with Crippen LogP contribution in [0.2, 0.25) is 0 Å². The van der Waals surface area contributed by atoms with Crippen LogP contribution in [0.25, 0.3) is 11.6 Å². The summed E-state index contributed by atoms with van der Waals surface area (Å²) in [7, 11) is 0. The van der Waals surface area contributed by atoms with Crippen molar-refractivity contribution in [2.45, 2.75) is 19.4 Å². The van der Waals surface area contributed by atoms with Crippen LogP contribution < -0.4 is 5.32 Å². The molecule has 0 fully saturated rings. The Morgan fingerprint density at radius 3 is 2.34 bits per heavy atom.